The number of halogens is 1. The van der Waals surface area contributed by atoms with Gasteiger partial charge < -0.3 is 15.5 Å². The molecule has 1 heterocycles. The maximum absolute atomic E-state index is 5.69. The maximum atomic E-state index is 5.69. The summed E-state index contributed by atoms with van der Waals surface area (Å²) in [5, 5.41) is 1.25. The highest BCUT2D eigenvalue weighted by atomic mass is 79.9. The Labute approximate surface area is 151 Å². The van der Waals surface area contributed by atoms with E-state index in [-0.39, 0.29) is 0 Å². The van der Waals surface area contributed by atoms with Crippen LogP contribution < -0.4 is 10.5 Å². The van der Waals surface area contributed by atoms with E-state index in [1.165, 1.54) is 33.3 Å². The predicted octanol–water partition coefficient (Wildman–Crippen LogP) is 5.20. The van der Waals surface area contributed by atoms with Gasteiger partial charge in [-0.2, -0.15) is 0 Å². The smallest absolute Gasteiger partial charge is 0.119 e. The summed E-state index contributed by atoms with van der Waals surface area (Å²) in [6.45, 7) is 2.85. The first-order valence-corrected chi connectivity index (χ1v) is 9.08. The number of ether oxygens (including phenoxy) is 1. The van der Waals surface area contributed by atoms with Crippen LogP contribution >= 0.6 is 15.9 Å². The minimum atomic E-state index is 0.733. The molecule has 0 aliphatic heterocycles. The highest BCUT2D eigenvalue weighted by Gasteiger charge is 2.15. The van der Waals surface area contributed by atoms with Gasteiger partial charge in [0.15, 0.2) is 0 Å². The molecule has 0 unspecified atom stereocenters. The number of methoxy groups -OCH3 is 1. The lowest BCUT2D eigenvalue weighted by atomic mass is 9.99. The molecule has 4 heteroatoms. The first kappa shape index (κ1) is 17.1. The summed E-state index contributed by atoms with van der Waals surface area (Å²) in [5.41, 5.74) is 11.8. The van der Waals surface area contributed by atoms with Gasteiger partial charge in [-0.15, -0.1) is 0 Å². The van der Waals surface area contributed by atoms with E-state index in [2.05, 4.69) is 64.2 Å². The van der Waals surface area contributed by atoms with E-state index in [9.17, 15) is 0 Å². The Kier molecular flexibility index (Phi) is 5.27. The molecule has 0 radical (unpaired) electrons. The van der Waals surface area contributed by atoms with Crippen LogP contribution in [0.5, 0.6) is 5.75 Å². The van der Waals surface area contributed by atoms with Crippen molar-refractivity contribution in [3.05, 3.63) is 52.0 Å². The predicted molar refractivity (Wildman–Crippen MR) is 105 cm³/mol. The third-order valence-electron chi connectivity index (χ3n) is 4.42. The highest BCUT2D eigenvalue weighted by molar-refractivity contribution is 9.10. The number of unbranched alkanes of at least 4 members (excludes halogenated alkanes) is 1. The van der Waals surface area contributed by atoms with Crippen molar-refractivity contribution in [2.24, 2.45) is 5.73 Å². The molecule has 0 bridgehead atoms. The summed E-state index contributed by atoms with van der Waals surface area (Å²) in [4.78, 5) is 3.65. The number of aryl methyl sites for hydroxylation is 2. The van der Waals surface area contributed by atoms with Crippen LogP contribution in [-0.4, -0.2) is 18.6 Å². The third kappa shape index (κ3) is 3.35. The molecule has 0 saturated heterocycles. The van der Waals surface area contributed by atoms with E-state index in [1.807, 2.05) is 0 Å². The highest BCUT2D eigenvalue weighted by Crippen LogP contribution is 2.36. The number of nitrogens with two attached hydrogens (primary N) is 1. The first-order valence-electron chi connectivity index (χ1n) is 8.29. The minimum absolute atomic E-state index is 0.733. The van der Waals surface area contributed by atoms with Crippen LogP contribution in [0.4, 0.5) is 0 Å². The summed E-state index contributed by atoms with van der Waals surface area (Å²) < 4.78 is 6.56. The SMILES string of the molecule is COc1cc(C)c2[nH]c(-c3cccc(Br)c3)c(CCCCN)c2c1. The van der Waals surface area contributed by atoms with Crippen molar-refractivity contribution in [3.63, 3.8) is 0 Å². The van der Waals surface area contributed by atoms with E-state index in [0.29, 0.717) is 0 Å². The number of aromatic amines is 1. The van der Waals surface area contributed by atoms with E-state index in [0.717, 1.165) is 36.0 Å². The van der Waals surface area contributed by atoms with Crippen molar-refractivity contribution >= 4 is 26.8 Å². The fraction of sp³-hybridized carbons (Fsp3) is 0.300. The molecule has 0 spiro atoms. The van der Waals surface area contributed by atoms with E-state index < -0.39 is 0 Å². The normalized spacial score (nSPS) is 11.2. The molecule has 0 aliphatic rings. The summed E-state index contributed by atoms with van der Waals surface area (Å²) in [7, 11) is 1.72. The van der Waals surface area contributed by atoms with Crippen LogP contribution in [0.3, 0.4) is 0 Å². The largest absolute Gasteiger partial charge is 0.497 e. The number of hydrogen-bond acceptors (Lipinski definition) is 2. The van der Waals surface area contributed by atoms with Crippen LogP contribution in [0.25, 0.3) is 22.2 Å². The maximum Gasteiger partial charge on any atom is 0.119 e. The standard InChI is InChI=1S/C20H23BrN2O/c1-13-10-16(24-2)12-18-17(8-3-4-9-22)20(23-19(13)18)14-6-5-7-15(21)11-14/h5-7,10-12,23H,3-4,8-9,22H2,1-2H3. The van der Waals surface area contributed by atoms with Gasteiger partial charge in [-0.25, -0.2) is 0 Å². The van der Waals surface area contributed by atoms with Crippen molar-refractivity contribution in [2.45, 2.75) is 26.2 Å². The van der Waals surface area contributed by atoms with Gasteiger partial charge >= 0.3 is 0 Å². The van der Waals surface area contributed by atoms with Gasteiger partial charge in [-0.1, -0.05) is 28.1 Å². The summed E-state index contributed by atoms with van der Waals surface area (Å²) in [6.07, 6.45) is 3.12. The van der Waals surface area contributed by atoms with Crippen molar-refractivity contribution in [2.75, 3.05) is 13.7 Å². The molecule has 126 valence electrons. The summed E-state index contributed by atoms with van der Waals surface area (Å²) >= 11 is 3.58. The van der Waals surface area contributed by atoms with Crippen molar-refractivity contribution in [1.29, 1.82) is 0 Å². The molecule has 0 fully saturated rings. The Morgan fingerprint density at radius 3 is 2.71 bits per heavy atom. The first-order chi connectivity index (χ1) is 11.6. The monoisotopic (exact) mass is 386 g/mol. The van der Waals surface area contributed by atoms with Gasteiger partial charge in [0.2, 0.25) is 0 Å². The molecular weight excluding hydrogens is 364 g/mol. The molecule has 3 N–H and O–H groups in total. The average molecular weight is 387 g/mol. The fourth-order valence-corrected chi connectivity index (χ4v) is 3.61. The number of fused-ring (bicyclic) bond motifs is 1. The summed E-state index contributed by atoms with van der Waals surface area (Å²) in [6, 6.07) is 12.6. The number of nitrogens with one attached hydrogen (secondary N) is 1. The Hall–Kier alpha value is -1.78. The van der Waals surface area contributed by atoms with E-state index in [1.54, 1.807) is 7.11 Å². The van der Waals surface area contributed by atoms with Crippen LogP contribution in [0, 0.1) is 6.92 Å². The molecule has 0 aliphatic carbocycles. The van der Waals surface area contributed by atoms with E-state index in [4.69, 9.17) is 10.5 Å². The zero-order valence-electron chi connectivity index (χ0n) is 14.2. The zero-order chi connectivity index (χ0) is 17.1. The Morgan fingerprint density at radius 2 is 2.00 bits per heavy atom. The quantitative estimate of drug-likeness (QED) is 0.572. The lowest BCUT2D eigenvalue weighted by molar-refractivity contribution is 0.415. The summed E-state index contributed by atoms with van der Waals surface area (Å²) in [5.74, 6) is 0.903. The zero-order valence-corrected chi connectivity index (χ0v) is 15.7. The molecule has 1 aromatic heterocycles. The molecule has 2 aromatic carbocycles. The number of benzene rings is 2. The molecule has 0 saturated carbocycles. The number of H-pyrrole nitrogens is 1. The van der Waals surface area contributed by atoms with Gasteiger partial charge in [-0.3, -0.25) is 0 Å². The second-order valence-electron chi connectivity index (χ2n) is 6.10. The second-order valence-corrected chi connectivity index (χ2v) is 7.02. The number of hydrogen-bond donors (Lipinski definition) is 2. The lowest BCUT2D eigenvalue weighted by Gasteiger charge is -2.07. The Morgan fingerprint density at radius 1 is 1.17 bits per heavy atom. The fourth-order valence-electron chi connectivity index (χ4n) is 3.21. The third-order valence-corrected chi connectivity index (χ3v) is 4.91. The van der Waals surface area contributed by atoms with Crippen molar-refractivity contribution in [1.82, 2.24) is 4.98 Å². The number of rotatable bonds is 6. The molecule has 0 atom stereocenters. The molecule has 3 nitrogen and oxygen atoms in total. The van der Waals surface area contributed by atoms with Gasteiger partial charge in [0.25, 0.3) is 0 Å². The molecule has 3 rings (SSSR count). The lowest BCUT2D eigenvalue weighted by Crippen LogP contribution is -1.99. The molecule has 0 amide bonds. The van der Waals surface area contributed by atoms with Gasteiger partial charge in [0.05, 0.1) is 7.11 Å². The molecule has 24 heavy (non-hydrogen) atoms. The topological polar surface area (TPSA) is 51.0 Å². The van der Waals surface area contributed by atoms with Gasteiger partial charge in [0, 0.05) is 21.1 Å². The Bertz CT molecular complexity index is 854. The molecule has 3 aromatic rings. The van der Waals surface area contributed by atoms with Crippen LogP contribution in [0.2, 0.25) is 0 Å². The van der Waals surface area contributed by atoms with Crippen molar-refractivity contribution in [3.8, 4) is 17.0 Å². The van der Waals surface area contributed by atoms with Gasteiger partial charge in [0.1, 0.15) is 5.75 Å². The van der Waals surface area contributed by atoms with Crippen LogP contribution in [0.15, 0.2) is 40.9 Å². The second kappa shape index (κ2) is 7.41. The molecular formula is C20H23BrN2O. The van der Waals surface area contributed by atoms with Gasteiger partial charge in [-0.05, 0) is 73.7 Å². The Balaban J connectivity index is 2.19. The van der Waals surface area contributed by atoms with Crippen molar-refractivity contribution < 1.29 is 4.74 Å². The minimum Gasteiger partial charge on any atom is -0.497 e. The number of aromatic nitrogens is 1. The van der Waals surface area contributed by atoms with Crippen LogP contribution in [0.1, 0.15) is 24.0 Å². The van der Waals surface area contributed by atoms with Crippen LogP contribution in [-0.2, 0) is 6.42 Å². The van der Waals surface area contributed by atoms with E-state index >= 15 is 0 Å². The average Bonchev–Trinajstić information content (AvgIpc) is 2.94.